The van der Waals surface area contributed by atoms with E-state index in [-0.39, 0.29) is 42.0 Å². The first-order valence-electron chi connectivity index (χ1n) is 14.6. The maximum atomic E-state index is 10.9. The molecule has 0 aliphatic rings. The third kappa shape index (κ3) is 40.6. The van der Waals surface area contributed by atoms with Gasteiger partial charge in [-0.05, 0) is 54.0 Å². The minimum atomic E-state index is -0.747. The Morgan fingerprint density at radius 1 is 0.795 bits per heavy atom. The van der Waals surface area contributed by atoms with Crippen LogP contribution >= 0.6 is 0 Å². The lowest BCUT2D eigenvalue weighted by atomic mass is 10.1. The highest BCUT2D eigenvalue weighted by Crippen LogP contribution is 2.04. The molecular weight excluding hydrogens is 568 g/mol. The number of amides is 1. The first-order chi connectivity index (χ1) is 20.4. The molecule has 0 fully saturated rings. The zero-order chi connectivity index (χ0) is 35.1. The van der Waals surface area contributed by atoms with Gasteiger partial charge in [-0.1, -0.05) is 65.3 Å². The summed E-state index contributed by atoms with van der Waals surface area (Å²) in [5.41, 5.74) is 1.10. The molecule has 0 saturated heterocycles. The van der Waals surface area contributed by atoms with Gasteiger partial charge in [0, 0.05) is 35.3 Å². The van der Waals surface area contributed by atoms with Crippen LogP contribution < -0.4 is 10.6 Å². The van der Waals surface area contributed by atoms with Crippen molar-refractivity contribution in [3.8, 4) is 0 Å². The van der Waals surface area contributed by atoms with Gasteiger partial charge in [0.2, 0.25) is 5.91 Å². The molecule has 0 aromatic carbocycles. The number of methoxy groups -OCH3 is 1. The minimum Gasteiger partial charge on any atom is -0.466 e. The van der Waals surface area contributed by atoms with Crippen LogP contribution in [0.15, 0.2) is 49.1 Å². The average Bonchev–Trinajstić information content (AvgIpc) is 2.94. The Morgan fingerprint density at radius 2 is 1.30 bits per heavy atom. The highest BCUT2D eigenvalue weighted by atomic mass is 16.6. The summed E-state index contributed by atoms with van der Waals surface area (Å²) in [7, 11) is 1.33. The lowest BCUT2D eigenvalue weighted by Gasteiger charge is -2.20. The number of carbonyl (C=O) groups excluding carboxylic acids is 5. The molecule has 0 aliphatic heterocycles. The van der Waals surface area contributed by atoms with Crippen molar-refractivity contribution in [1.82, 2.24) is 10.6 Å². The summed E-state index contributed by atoms with van der Waals surface area (Å²) in [6.07, 6.45) is 8.69. The molecule has 254 valence electrons. The van der Waals surface area contributed by atoms with E-state index in [9.17, 15) is 24.0 Å². The summed E-state index contributed by atoms with van der Waals surface area (Å²) in [4.78, 5) is 52.9. The molecule has 0 aromatic rings. The van der Waals surface area contributed by atoms with Gasteiger partial charge in [0.1, 0.15) is 6.61 Å². The van der Waals surface area contributed by atoms with E-state index in [0.29, 0.717) is 24.3 Å². The summed E-state index contributed by atoms with van der Waals surface area (Å²) in [6.45, 7) is 28.1. The monoisotopic (exact) mass is 626 g/mol. The molecule has 0 radical (unpaired) electrons. The van der Waals surface area contributed by atoms with Gasteiger partial charge in [-0.3, -0.25) is 9.59 Å². The summed E-state index contributed by atoms with van der Waals surface area (Å²) >= 11 is 0. The van der Waals surface area contributed by atoms with Crippen molar-refractivity contribution in [3.63, 3.8) is 0 Å². The molecule has 0 aromatic heterocycles. The number of carbonyl (C=O) groups is 5. The Balaban J connectivity index is -0.000000248. The standard InChI is InChI=1S/C11H21NO.C10H19NO2.C7H10O4.C5H8O2/c1-3-5-6-7-8-9-10-12-11(13)4-2;1-8(2)9(12)13-7-6-11-10(3,4)5;1-5(2)7(10)11-6(9)3-4-8;1-4(2)5(6)7-3/h4H,2-3,5-10H2,1H3,(H,12,13);11H,1,6-7H2,2-5H3;8H,1,3-4H2,2H3;1H2,2-3H3. The van der Waals surface area contributed by atoms with Crippen LogP contribution in [0.1, 0.15) is 93.4 Å². The molecule has 0 unspecified atom stereocenters. The minimum absolute atomic E-state index is 0.0615. The second-order valence-electron chi connectivity index (χ2n) is 10.6. The third-order valence-electron chi connectivity index (χ3n) is 4.76. The third-order valence-corrected chi connectivity index (χ3v) is 4.76. The van der Waals surface area contributed by atoms with Gasteiger partial charge >= 0.3 is 23.9 Å². The number of nitrogens with one attached hydrogen (secondary N) is 2. The van der Waals surface area contributed by atoms with Crippen LogP contribution in [0.25, 0.3) is 0 Å². The van der Waals surface area contributed by atoms with E-state index in [4.69, 9.17) is 9.84 Å². The number of hydrogen-bond donors (Lipinski definition) is 3. The van der Waals surface area contributed by atoms with Crippen LogP contribution in [0.3, 0.4) is 0 Å². The van der Waals surface area contributed by atoms with Gasteiger partial charge < -0.3 is 30.0 Å². The van der Waals surface area contributed by atoms with E-state index < -0.39 is 11.9 Å². The van der Waals surface area contributed by atoms with E-state index in [1.54, 1.807) is 13.8 Å². The summed E-state index contributed by atoms with van der Waals surface area (Å²) in [5.74, 6) is -2.21. The van der Waals surface area contributed by atoms with Crippen molar-refractivity contribution in [3.05, 3.63) is 49.1 Å². The van der Waals surface area contributed by atoms with Crippen molar-refractivity contribution < 1.29 is 43.3 Å². The van der Waals surface area contributed by atoms with Gasteiger partial charge in [-0.15, -0.1) is 0 Å². The molecular formula is C33H58N2O9. The maximum absolute atomic E-state index is 10.9. The average molecular weight is 627 g/mol. The Hall–Kier alpha value is -3.57. The number of aliphatic hydroxyl groups is 1. The fourth-order valence-corrected chi connectivity index (χ4v) is 2.39. The number of ether oxygens (including phenoxy) is 3. The Bertz CT molecular complexity index is 903. The van der Waals surface area contributed by atoms with E-state index in [1.165, 1.54) is 52.2 Å². The largest absolute Gasteiger partial charge is 0.466 e. The molecule has 0 spiro atoms. The first-order valence-corrected chi connectivity index (χ1v) is 14.6. The maximum Gasteiger partial charge on any atom is 0.340 e. The van der Waals surface area contributed by atoms with Crippen molar-refractivity contribution >= 4 is 29.8 Å². The molecule has 11 heteroatoms. The highest BCUT2D eigenvalue weighted by Gasteiger charge is 2.10. The lowest BCUT2D eigenvalue weighted by molar-refractivity contribution is -0.157. The quantitative estimate of drug-likeness (QED) is 0.0708. The van der Waals surface area contributed by atoms with Crippen LogP contribution in [-0.2, 0) is 38.2 Å². The Morgan fingerprint density at radius 3 is 1.68 bits per heavy atom. The molecule has 0 heterocycles. The van der Waals surface area contributed by atoms with E-state index in [0.717, 1.165) is 13.0 Å². The van der Waals surface area contributed by atoms with E-state index in [2.05, 4.69) is 74.1 Å². The number of rotatable bonds is 16. The van der Waals surface area contributed by atoms with Crippen LogP contribution in [-0.4, -0.2) is 73.8 Å². The number of esters is 4. The van der Waals surface area contributed by atoms with Crippen LogP contribution in [0, 0.1) is 0 Å². The van der Waals surface area contributed by atoms with Gasteiger partial charge in [0.15, 0.2) is 0 Å². The van der Waals surface area contributed by atoms with Gasteiger partial charge in [0.05, 0.1) is 20.1 Å². The lowest BCUT2D eigenvalue weighted by Crippen LogP contribution is -2.38. The highest BCUT2D eigenvalue weighted by molar-refractivity contribution is 5.95. The van der Waals surface area contributed by atoms with Gasteiger partial charge in [-0.2, -0.15) is 0 Å². The first kappa shape index (κ1) is 47.4. The fourth-order valence-electron chi connectivity index (χ4n) is 2.39. The zero-order valence-electron chi connectivity index (χ0n) is 28.4. The predicted octanol–water partition coefficient (Wildman–Crippen LogP) is 4.89. The predicted molar refractivity (Wildman–Crippen MR) is 175 cm³/mol. The fraction of sp³-hybridized carbons (Fsp3) is 0.606. The van der Waals surface area contributed by atoms with E-state index >= 15 is 0 Å². The van der Waals surface area contributed by atoms with Crippen molar-refractivity contribution in [2.24, 2.45) is 0 Å². The SMILES string of the molecule is C=C(C)C(=O)OC.C=C(C)C(=O)OC(=O)CCO.C=C(C)C(=O)OCCNC(C)(C)C.C=CC(=O)NCCCCCCCC. The molecule has 3 N–H and O–H groups in total. The van der Waals surface area contributed by atoms with Crippen molar-refractivity contribution in [2.75, 3.05) is 33.4 Å². The molecule has 1 amide bonds. The van der Waals surface area contributed by atoms with Gasteiger partial charge in [0.25, 0.3) is 0 Å². The summed E-state index contributed by atoms with van der Waals surface area (Å²) < 4.78 is 13.4. The molecule has 0 saturated carbocycles. The smallest absolute Gasteiger partial charge is 0.340 e. The van der Waals surface area contributed by atoms with Crippen molar-refractivity contribution in [1.29, 1.82) is 0 Å². The molecule has 11 nitrogen and oxygen atoms in total. The summed E-state index contributed by atoms with van der Waals surface area (Å²) in [5, 5.41) is 14.2. The zero-order valence-corrected chi connectivity index (χ0v) is 28.4. The molecule has 0 bridgehead atoms. The topological polar surface area (TPSA) is 157 Å². The number of hydrogen-bond acceptors (Lipinski definition) is 10. The number of aliphatic hydroxyl groups excluding tert-OH is 1. The van der Waals surface area contributed by atoms with Gasteiger partial charge in [-0.25, -0.2) is 14.4 Å². The Kier molecular flexibility index (Phi) is 33.2. The second kappa shape index (κ2) is 30.9. The normalized spacial score (nSPS) is 9.57. The second-order valence-corrected chi connectivity index (χ2v) is 10.6. The van der Waals surface area contributed by atoms with Crippen LogP contribution in [0.5, 0.6) is 0 Å². The van der Waals surface area contributed by atoms with E-state index in [1.807, 2.05) is 0 Å². The van der Waals surface area contributed by atoms with Crippen molar-refractivity contribution in [2.45, 2.75) is 99.0 Å². The molecule has 0 aliphatic carbocycles. The molecule has 0 atom stereocenters. The molecule has 0 rings (SSSR count). The summed E-state index contributed by atoms with van der Waals surface area (Å²) in [6, 6.07) is 0. The Labute approximate surface area is 265 Å². The van der Waals surface area contributed by atoms with Crippen LogP contribution in [0.4, 0.5) is 0 Å². The number of unbranched alkanes of at least 4 members (excludes halogenated alkanes) is 5. The molecule has 44 heavy (non-hydrogen) atoms. The van der Waals surface area contributed by atoms with Crippen LogP contribution in [0.2, 0.25) is 0 Å².